The molecule has 0 radical (unpaired) electrons. The van der Waals surface area contributed by atoms with Crippen molar-refractivity contribution >= 4 is 17.7 Å². The SMILES string of the molecule is CCCN(CCC)C(=O)CSc1nc2c(c(=O)[nH]1)CCC2. The molecule has 5 nitrogen and oxygen atoms in total. The van der Waals surface area contributed by atoms with Crippen molar-refractivity contribution in [1.29, 1.82) is 0 Å². The van der Waals surface area contributed by atoms with Gasteiger partial charge in [0, 0.05) is 18.7 Å². The second-order valence-electron chi connectivity index (χ2n) is 5.32. The highest BCUT2D eigenvalue weighted by molar-refractivity contribution is 7.99. The number of fused-ring (bicyclic) bond motifs is 1. The average Bonchev–Trinajstić information content (AvgIpc) is 2.93. The first kappa shape index (κ1) is 16.1. The van der Waals surface area contributed by atoms with Gasteiger partial charge in [-0.2, -0.15) is 0 Å². The van der Waals surface area contributed by atoms with E-state index in [9.17, 15) is 9.59 Å². The Hall–Kier alpha value is -1.30. The number of aromatic amines is 1. The number of H-pyrrole nitrogens is 1. The molecule has 1 amide bonds. The number of rotatable bonds is 7. The molecular weight excluding hydrogens is 286 g/mol. The van der Waals surface area contributed by atoms with Gasteiger partial charge in [-0.3, -0.25) is 9.59 Å². The number of nitrogens with zero attached hydrogens (tertiary/aromatic N) is 2. The summed E-state index contributed by atoms with van der Waals surface area (Å²) in [5.41, 5.74) is 1.70. The van der Waals surface area contributed by atoms with Crippen LogP contribution in [-0.4, -0.2) is 39.6 Å². The van der Waals surface area contributed by atoms with Crippen LogP contribution in [0.25, 0.3) is 0 Å². The Morgan fingerprint density at radius 2 is 2.00 bits per heavy atom. The molecule has 1 aliphatic rings. The number of thioether (sulfide) groups is 1. The molecule has 0 aliphatic heterocycles. The van der Waals surface area contributed by atoms with E-state index < -0.39 is 0 Å². The maximum Gasteiger partial charge on any atom is 0.254 e. The zero-order chi connectivity index (χ0) is 15.2. The standard InChI is InChI=1S/C15H23N3O2S/c1-3-8-18(9-4-2)13(19)10-21-15-16-12-7-5-6-11(12)14(20)17-15/h3-10H2,1-2H3,(H,16,17,20). The molecule has 0 fully saturated rings. The molecule has 1 N–H and O–H groups in total. The van der Waals surface area contributed by atoms with Gasteiger partial charge >= 0.3 is 0 Å². The van der Waals surface area contributed by atoms with Gasteiger partial charge in [0.2, 0.25) is 5.91 Å². The minimum atomic E-state index is -0.0357. The van der Waals surface area contributed by atoms with E-state index >= 15 is 0 Å². The second-order valence-corrected chi connectivity index (χ2v) is 6.28. The van der Waals surface area contributed by atoms with E-state index in [0.717, 1.165) is 56.5 Å². The fourth-order valence-electron chi connectivity index (χ4n) is 2.61. The molecule has 6 heteroatoms. The first-order chi connectivity index (χ1) is 10.2. The summed E-state index contributed by atoms with van der Waals surface area (Å²) in [6.07, 6.45) is 4.62. The molecular formula is C15H23N3O2S. The van der Waals surface area contributed by atoms with Crippen LogP contribution in [-0.2, 0) is 17.6 Å². The smallest absolute Gasteiger partial charge is 0.254 e. The Morgan fingerprint density at radius 1 is 1.29 bits per heavy atom. The molecule has 0 atom stereocenters. The van der Waals surface area contributed by atoms with Crippen LogP contribution in [0.5, 0.6) is 0 Å². The van der Waals surface area contributed by atoms with Crippen LogP contribution in [0.1, 0.15) is 44.4 Å². The summed E-state index contributed by atoms with van der Waals surface area (Å²) in [6, 6.07) is 0. The minimum absolute atomic E-state index is 0.0357. The first-order valence-corrected chi connectivity index (χ1v) is 8.66. The lowest BCUT2D eigenvalue weighted by atomic mass is 10.3. The summed E-state index contributed by atoms with van der Waals surface area (Å²) >= 11 is 1.33. The average molecular weight is 309 g/mol. The summed E-state index contributed by atoms with van der Waals surface area (Å²) in [7, 11) is 0. The van der Waals surface area contributed by atoms with Gasteiger partial charge in [0.05, 0.1) is 11.4 Å². The van der Waals surface area contributed by atoms with Crippen LogP contribution in [0.2, 0.25) is 0 Å². The molecule has 1 heterocycles. The van der Waals surface area contributed by atoms with Crippen molar-refractivity contribution in [2.24, 2.45) is 0 Å². The lowest BCUT2D eigenvalue weighted by molar-refractivity contribution is -0.128. The number of aromatic nitrogens is 2. The van der Waals surface area contributed by atoms with Crippen LogP contribution in [0.4, 0.5) is 0 Å². The third-order valence-electron chi connectivity index (χ3n) is 3.59. The molecule has 1 aliphatic carbocycles. The Kier molecular flexibility index (Phi) is 5.85. The molecule has 0 saturated heterocycles. The molecule has 1 aromatic rings. The van der Waals surface area contributed by atoms with E-state index in [2.05, 4.69) is 23.8 Å². The molecule has 2 rings (SSSR count). The van der Waals surface area contributed by atoms with Gasteiger partial charge in [-0.05, 0) is 32.1 Å². The van der Waals surface area contributed by atoms with Crippen LogP contribution in [0.3, 0.4) is 0 Å². The molecule has 116 valence electrons. The molecule has 0 aromatic carbocycles. The summed E-state index contributed by atoms with van der Waals surface area (Å²) in [6.45, 7) is 5.73. The maximum absolute atomic E-state index is 12.2. The maximum atomic E-state index is 12.2. The largest absolute Gasteiger partial charge is 0.342 e. The molecule has 21 heavy (non-hydrogen) atoms. The fraction of sp³-hybridized carbons (Fsp3) is 0.667. The zero-order valence-electron chi connectivity index (χ0n) is 12.8. The van der Waals surface area contributed by atoms with E-state index in [1.807, 2.05) is 4.90 Å². The van der Waals surface area contributed by atoms with Gasteiger partial charge in [-0.25, -0.2) is 4.98 Å². The molecule has 0 saturated carbocycles. The van der Waals surface area contributed by atoms with Crippen molar-refractivity contribution in [3.05, 3.63) is 21.6 Å². The summed E-state index contributed by atoms with van der Waals surface area (Å²) in [5, 5.41) is 0.571. The highest BCUT2D eigenvalue weighted by Gasteiger charge is 2.18. The van der Waals surface area contributed by atoms with Gasteiger partial charge in [0.15, 0.2) is 5.16 Å². The van der Waals surface area contributed by atoms with Crippen LogP contribution in [0, 0.1) is 0 Å². The number of hydrogen-bond acceptors (Lipinski definition) is 4. The number of carbonyl (C=O) groups excluding carboxylic acids is 1. The molecule has 0 spiro atoms. The predicted molar refractivity (Wildman–Crippen MR) is 84.8 cm³/mol. The number of aryl methyl sites for hydroxylation is 1. The van der Waals surface area contributed by atoms with Gasteiger partial charge in [-0.15, -0.1) is 0 Å². The van der Waals surface area contributed by atoms with Crippen molar-refractivity contribution in [2.45, 2.75) is 51.1 Å². The van der Waals surface area contributed by atoms with Gasteiger partial charge in [0.1, 0.15) is 0 Å². The number of nitrogens with one attached hydrogen (secondary N) is 1. The number of hydrogen-bond donors (Lipinski definition) is 1. The lowest BCUT2D eigenvalue weighted by Gasteiger charge is -2.21. The minimum Gasteiger partial charge on any atom is -0.342 e. The molecule has 0 unspecified atom stereocenters. The predicted octanol–water partition coefficient (Wildman–Crippen LogP) is 2.00. The number of amides is 1. The van der Waals surface area contributed by atoms with E-state index in [-0.39, 0.29) is 11.5 Å². The fourth-order valence-corrected chi connectivity index (χ4v) is 3.39. The number of carbonyl (C=O) groups is 1. The first-order valence-electron chi connectivity index (χ1n) is 7.68. The Balaban J connectivity index is 1.98. The van der Waals surface area contributed by atoms with E-state index in [4.69, 9.17) is 0 Å². The third kappa shape index (κ3) is 4.09. The van der Waals surface area contributed by atoms with E-state index in [0.29, 0.717) is 10.9 Å². The summed E-state index contributed by atoms with van der Waals surface area (Å²) in [4.78, 5) is 33.3. The summed E-state index contributed by atoms with van der Waals surface area (Å²) < 4.78 is 0. The van der Waals surface area contributed by atoms with Crippen molar-refractivity contribution in [3.8, 4) is 0 Å². The molecule has 0 bridgehead atoms. The van der Waals surface area contributed by atoms with Crippen LogP contribution >= 0.6 is 11.8 Å². The Bertz CT molecular complexity index is 550. The van der Waals surface area contributed by atoms with E-state index in [1.54, 1.807) is 0 Å². The van der Waals surface area contributed by atoms with Crippen LogP contribution < -0.4 is 5.56 Å². The topological polar surface area (TPSA) is 66.1 Å². The lowest BCUT2D eigenvalue weighted by Crippen LogP contribution is -2.33. The van der Waals surface area contributed by atoms with Crippen molar-refractivity contribution < 1.29 is 4.79 Å². The highest BCUT2D eigenvalue weighted by atomic mass is 32.2. The monoisotopic (exact) mass is 309 g/mol. The molecule has 1 aromatic heterocycles. The van der Waals surface area contributed by atoms with Crippen molar-refractivity contribution in [3.63, 3.8) is 0 Å². The van der Waals surface area contributed by atoms with Gasteiger partial charge in [0.25, 0.3) is 5.56 Å². The Morgan fingerprint density at radius 3 is 2.67 bits per heavy atom. The Labute approximate surface area is 129 Å². The van der Waals surface area contributed by atoms with Crippen molar-refractivity contribution in [1.82, 2.24) is 14.9 Å². The zero-order valence-corrected chi connectivity index (χ0v) is 13.6. The highest BCUT2D eigenvalue weighted by Crippen LogP contribution is 2.19. The van der Waals surface area contributed by atoms with Gasteiger partial charge < -0.3 is 9.88 Å². The summed E-state index contributed by atoms with van der Waals surface area (Å²) in [5.74, 6) is 0.452. The van der Waals surface area contributed by atoms with Gasteiger partial charge in [-0.1, -0.05) is 25.6 Å². The van der Waals surface area contributed by atoms with Crippen molar-refractivity contribution in [2.75, 3.05) is 18.8 Å². The second kappa shape index (κ2) is 7.64. The third-order valence-corrected chi connectivity index (χ3v) is 4.45. The van der Waals surface area contributed by atoms with Crippen LogP contribution in [0.15, 0.2) is 9.95 Å². The normalized spacial score (nSPS) is 13.2. The quantitative estimate of drug-likeness (QED) is 0.618. The van der Waals surface area contributed by atoms with E-state index in [1.165, 1.54) is 11.8 Å².